The van der Waals surface area contributed by atoms with E-state index >= 15 is 0 Å². The predicted octanol–water partition coefficient (Wildman–Crippen LogP) is 7.87. The molecule has 0 atom stereocenters. The van der Waals surface area contributed by atoms with Crippen molar-refractivity contribution in [3.05, 3.63) is 135 Å². The summed E-state index contributed by atoms with van der Waals surface area (Å²) < 4.78 is 24.9. The maximum atomic E-state index is 13.9. The Morgan fingerprint density at radius 2 is 1.71 bits per heavy atom. The minimum Gasteiger partial charge on any atom is -0.457 e. The molecule has 0 radical (unpaired) electrons. The first-order valence-electron chi connectivity index (χ1n) is 13.5. The molecule has 200 valence electrons. The maximum absolute atomic E-state index is 13.9. The second-order valence-corrected chi connectivity index (χ2v) is 10.2. The number of rotatable bonds is 4. The van der Waals surface area contributed by atoms with Crippen LogP contribution in [0, 0.1) is 5.82 Å². The zero-order chi connectivity index (χ0) is 27.9. The van der Waals surface area contributed by atoms with Gasteiger partial charge in [0.2, 0.25) is 0 Å². The Balaban J connectivity index is 1.31. The third-order valence-corrected chi connectivity index (χ3v) is 7.66. The van der Waals surface area contributed by atoms with Crippen LogP contribution >= 0.6 is 0 Å². The van der Waals surface area contributed by atoms with Crippen LogP contribution in [0.15, 0.2) is 100 Å². The Morgan fingerprint density at radius 3 is 2.56 bits per heavy atom. The fourth-order valence-corrected chi connectivity index (χ4v) is 5.82. The van der Waals surface area contributed by atoms with E-state index in [1.807, 2.05) is 60.7 Å². The van der Waals surface area contributed by atoms with Crippen LogP contribution in [-0.4, -0.2) is 11.0 Å². The number of ether oxygens (including phenoxy) is 1. The van der Waals surface area contributed by atoms with Crippen molar-refractivity contribution in [3.8, 4) is 0 Å². The minimum absolute atomic E-state index is 0.0847. The van der Waals surface area contributed by atoms with E-state index in [1.165, 1.54) is 18.2 Å². The Morgan fingerprint density at radius 1 is 0.927 bits per heavy atom. The van der Waals surface area contributed by atoms with E-state index in [-0.39, 0.29) is 12.4 Å². The zero-order valence-electron chi connectivity index (χ0n) is 22.0. The topological polar surface area (TPSA) is 69.4 Å². The van der Waals surface area contributed by atoms with Gasteiger partial charge in [0, 0.05) is 22.4 Å². The van der Waals surface area contributed by atoms with Crippen LogP contribution in [0.1, 0.15) is 45.6 Å². The van der Waals surface area contributed by atoms with Gasteiger partial charge in [0.05, 0.1) is 16.8 Å². The molecule has 0 unspecified atom stereocenters. The molecule has 0 bridgehead atoms. The van der Waals surface area contributed by atoms with E-state index in [4.69, 9.17) is 14.1 Å². The third kappa shape index (κ3) is 4.57. The summed E-state index contributed by atoms with van der Waals surface area (Å²) in [6.45, 7) is -0.0847. The van der Waals surface area contributed by atoms with Gasteiger partial charge >= 0.3 is 11.6 Å². The number of halogens is 1. The standard InChI is InChI=1S/C35H24FNO4/c36-25-15-12-21(13-16-25)18-23-7-5-10-28-33(27-9-3-4-11-29(27)37-34(23)28)35(39)40-20-24-19-31(38)41-30-17-14-22-6-1-2-8-26(22)32(24)30/h1-4,6,8-9,11-19H,5,7,10,20H2. The molecular weight excluding hydrogens is 517 g/mol. The van der Waals surface area contributed by atoms with Crippen LogP contribution in [0.3, 0.4) is 0 Å². The minimum atomic E-state index is -0.499. The summed E-state index contributed by atoms with van der Waals surface area (Å²) in [5.74, 6) is -0.758. The SMILES string of the molecule is O=C(OCc1cc(=O)oc2ccc3ccccc3c12)c1c2c(nc3ccccc13)C(=Cc1ccc(F)cc1)CCC2. The van der Waals surface area contributed by atoms with Crippen LogP contribution in [0.2, 0.25) is 0 Å². The molecular formula is C35H24FNO4. The van der Waals surface area contributed by atoms with Gasteiger partial charge in [-0.2, -0.15) is 0 Å². The molecule has 0 N–H and O–H groups in total. The molecule has 0 spiro atoms. The normalized spacial score (nSPS) is 14.0. The Labute approximate surface area is 234 Å². The van der Waals surface area contributed by atoms with Crippen molar-refractivity contribution in [1.82, 2.24) is 4.98 Å². The summed E-state index contributed by atoms with van der Waals surface area (Å²) >= 11 is 0. The van der Waals surface area contributed by atoms with Gasteiger partial charge in [-0.25, -0.2) is 19.0 Å². The molecule has 0 saturated heterocycles. The summed E-state index contributed by atoms with van der Waals surface area (Å²) in [6.07, 6.45) is 4.33. The summed E-state index contributed by atoms with van der Waals surface area (Å²) in [7, 11) is 0. The van der Waals surface area contributed by atoms with Crippen molar-refractivity contribution in [2.45, 2.75) is 25.9 Å². The lowest BCUT2D eigenvalue weighted by atomic mass is 9.86. The smallest absolute Gasteiger partial charge is 0.339 e. The number of nitrogens with zero attached hydrogens (tertiary/aromatic N) is 1. The molecule has 1 aliphatic carbocycles. The zero-order valence-corrected chi connectivity index (χ0v) is 22.0. The van der Waals surface area contributed by atoms with Gasteiger partial charge in [-0.15, -0.1) is 0 Å². The number of carbonyl (C=O) groups is 1. The number of carbonyl (C=O) groups excluding carboxylic acids is 1. The third-order valence-electron chi connectivity index (χ3n) is 7.66. The maximum Gasteiger partial charge on any atom is 0.339 e. The van der Waals surface area contributed by atoms with Crippen molar-refractivity contribution < 1.29 is 18.3 Å². The first-order chi connectivity index (χ1) is 20.0. The molecule has 6 aromatic rings. The second-order valence-electron chi connectivity index (χ2n) is 10.2. The van der Waals surface area contributed by atoms with Gasteiger partial charge in [0.25, 0.3) is 0 Å². The molecule has 0 amide bonds. The second kappa shape index (κ2) is 10.1. The van der Waals surface area contributed by atoms with Crippen LogP contribution in [0.4, 0.5) is 4.39 Å². The number of benzene rings is 4. The molecule has 0 aliphatic heterocycles. The van der Waals surface area contributed by atoms with E-state index in [9.17, 15) is 14.0 Å². The molecule has 2 aromatic heterocycles. The van der Waals surface area contributed by atoms with Crippen LogP contribution < -0.4 is 5.63 Å². The molecule has 4 aromatic carbocycles. The van der Waals surface area contributed by atoms with Gasteiger partial charge in [-0.1, -0.05) is 60.7 Å². The van der Waals surface area contributed by atoms with Gasteiger partial charge in [-0.3, -0.25) is 0 Å². The van der Waals surface area contributed by atoms with Crippen molar-refractivity contribution in [1.29, 1.82) is 0 Å². The van der Waals surface area contributed by atoms with E-state index in [0.717, 1.165) is 56.8 Å². The quantitative estimate of drug-likeness (QED) is 0.129. The van der Waals surface area contributed by atoms with Gasteiger partial charge in [0.15, 0.2) is 0 Å². The van der Waals surface area contributed by atoms with E-state index < -0.39 is 11.6 Å². The Bertz CT molecular complexity index is 2080. The van der Waals surface area contributed by atoms with Gasteiger partial charge in [0.1, 0.15) is 18.0 Å². The van der Waals surface area contributed by atoms with E-state index in [2.05, 4.69) is 0 Å². The summed E-state index contributed by atoms with van der Waals surface area (Å²) in [5.41, 5.74) is 5.20. The van der Waals surface area contributed by atoms with Crippen LogP contribution in [0.25, 0.3) is 44.3 Å². The Kier molecular flexibility index (Phi) is 6.16. The lowest BCUT2D eigenvalue weighted by Crippen LogP contribution is -2.16. The highest BCUT2D eigenvalue weighted by atomic mass is 19.1. The number of esters is 1. The highest BCUT2D eigenvalue weighted by Crippen LogP contribution is 2.37. The number of para-hydroxylation sites is 1. The highest BCUT2D eigenvalue weighted by Gasteiger charge is 2.26. The molecule has 41 heavy (non-hydrogen) atoms. The highest BCUT2D eigenvalue weighted by molar-refractivity contribution is 6.08. The van der Waals surface area contributed by atoms with Crippen molar-refractivity contribution in [3.63, 3.8) is 0 Å². The van der Waals surface area contributed by atoms with Crippen molar-refractivity contribution in [2.24, 2.45) is 0 Å². The molecule has 5 nitrogen and oxygen atoms in total. The fourth-order valence-electron chi connectivity index (χ4n) is 5.82. The summed E-state index contributed by atoms with van der Waals surface area (Å²) in [5, 5.41) is 3.39. The lowest BCUT2D eigenvalue weighted by Gasteiger charge is -2.22. The van der Waals surface area contributed by atoms with Gasteiger partial charge in [-0.05, 0) is 77.1 Å². The number of hydrogen-bond donors (Lipinski definition) is 0. The van der Waals surface area contributed by atoms with Crippen molar-refractivity contribution in [2.75, 3.05) is 0 Å². The first kappa shape index (κ1) is 24.9. The fraction of sp³-hybridized carbons (Fsp3) is 0.114. The first-order valence-corrected chi connectivity index (χ1v) is 13.5. The van der Waals surface area contributed by atoms with Gasteiger partial charge < -0.3 is 9.15 Å². The van der Waals surface area contributed by atoms with Crippen LogP contribution in [-0.2, 0) is 17.8 Å². The van der Waals surface area contributed by atoms with Crippen LogP contribution in [0.5, 0.6) is 0 Å². The molecule has 1 aliphatic rings. The average molecular weight is 542 g/mol. The predicted molar refractivity (Wildman–Crippen MR) is 158 cm³/mol. The largest absolute Gasteiger partial charge is 0.457 e. The monoisotopic (exact) mass is 541 g/mol. The molecule has 0 fully saturated rings. The summed E-state index contributed by atoms with van der Waals surface area (Å²) in [6, 6.07) is 26.8. The van der Waals surface area contributed by atoms with E-state index in [1.54, 1.807) is 18.2 Å². The number of allylic oxidation sites excluding steroid dienone is 1. The Hall–Kier alpha value is -5.10. The summed E-state index contributed by atoms with van der Waals surface area (Å²) in [4.78, 5) is 31.2. The number of hydrogen-bond acceptors (Lipinski definition) is 5. The molecule has 7 rings (SSSR count). The number of pyridine rings is 1. The number of fused-ring (bicyclic) bond motifs is 5. The lowest BCUT2D eigenvalue weighted by molar-refractivity contribution is 0.0474. The molecule has 2 heterocycles. The van der Waals surface area contributed by atoms with E-state index in [0.29, 0.717) is 28.6 Å². The molecule has 6 heteroatoms. The van der Waals surface area contributed by atoms with Crippen molar-refractivity contribution >= 4 is 50.3 Å². The number of aromatic nitrogens is 1. The molecule has 0 saturated carbocycles. The average Bonchev–Trinajstić information content (AvgIpc) is 2.99.